The summed E-state index contributed by atoms with van der Waals surface area (Å²) in [5.74, 6) is 0.448. The molecule has 0 radical (unpaired) electrons. The predicted molar refractivity (Wildman–Crippen MR) is 85.5 cm³/mol. The third kappa shape index (κ3) is 3.58. The molecule has 2 aromatic rings. The summed E-state index contributed by atoms with van der Waals surface area (Å²) >= 11 is 3.44. The lowest BCUT2D eigenvalue weighted by Gasteiger charge is -2.07. The van der Waals surface area contributed by atoms with Gasteiger partial charge >= 0.3 is 0 Å². The Morgan fingerprint density at radius 3 is 2.71 bits per heavy atom. The Balaban J connectivity index is 1.67. The van der Waals surface area contributed by atoms with E-state index in [2.05, 4.69) is 36.5 Å². The zero-order valence-corrected chi connectivity index (χ0v) is 13.1. The Kier molecular flexibility index (Phi) is 3.88. The fourth-order valence-corrected chi connectivity index (χ4v) is 2.20. The molecule has 1 amide bonds. The fourth-order valence-electron chi connectivity index (χ4n) is 1.82. The summed E-state index contributed by atoms with van der Waals surface area (Å²) in [6, 6.07) is 6.18. The molecule has 1 fully saturated rings. The summed E-state index contributed by atoms with van der Waals surface area (Å²) < 4.78 is 0.954. The molecule has 1 heterocycles. The molecular weight excluding hydrogens is 332 g/mol. The third-order valence-electron chi connectivity index (χ3n) is 3.24. The average molecular weight is 347 g/mol. The van der Waals surface area contributed by atoms with Crippen LogP contribution in [-0.2, 0) is 0 Å². The van der Waals surface area contributed by atoms with E-state index in [1.807, 2.05) is 25.1 Å². The van der Waals surface area contributed by atoms with Gasteiger partial charge in [0, 0.05) is 16.2 Å². The molecule has 108 valence electrons. The molecule has 5 nitrogen and oxygen atoms in total. The molecule has 1 aliphatic rings. The van der Waals surface area contributed by atoms with Gasteiger partial charge in [-0.1, -0.05) is 22.0 Å². The first-order chi connectivity index (χ1) is 10.1. The van der Waals surface area contributed by atoms with Crippen LogP contribution in [-0.4, -0.2) is 21.9 Å². The van der Waals surface area contributed by atoms with E-state index in [0.717, 1.165) is 15.7 Å². The lowest BCUT2D eigenvalue weighted by Crippen LogP contribution is -2.14. The molecule has 1 aromatic heterocycles. The first kappa shape index (κ1) is 14.0. The van der Waals surface area contributed by atoms with Gasteiger partial charge in [0.15, 0.2) is 0 Å². The molecule has 3 rings (SSSR count). The number of carbonyl (C=O) groups excluding carboxylic acids is 1. The predicted octanol–water partition coefficient (Wildman–Crippen LogP) is 3.37. The minimum Gasteiger partial charge on any atom is -0.366 e. The second-order valence-corrected chi connectivity index (χ2v) is 5.98. The summed E-state index contributed by atoms with van der Waals surface area (Å²) in [5.41, 5.74) is 2.13. The number of aromatic nitrogens is 2. The van der Waals surface area contributed by atoms with Crippen molar-refractivity contribution in [1.82, 2.24) is 9.97 Å². The molecule has 0 aliphatic heterocycles. The number of rotatable bonds is 4. The molecule has 6 heteroatoms. The molecular formula is C15H15BrN4O. The van der Waals surface area contributed by atoms with Crippen molar-refractivity contribution in [1.29, 1.82) is 0 Å². The van der Waals surface area contributed by atoms with Gasteiger partial charge in [0.1, 0.15) is 11.5 Å². The highest BCUT2D eigenvalue weighted by Crippen LogP contribution is 2.23. The standard InChI is InChI=1S/C15H15BrN4O/c1-9-2-3-11(6-12(9)16)20-15(21)13-7-18-14(8-17-13)19-10-4-5-10/h2-3,6-8,10H,4-5H2,1H3,(H,18,19)(H,20,21). The Hall–Kier alpha value is -1.95. The van der Waals surface area contributed by atoms with Crippen LogP contribution in [0.15, 0.2) is 35.1 Å². The average Bonchev–Trinajstić information content (AvgIpc) is 3.28. The summed E-state index contributed by atoms with van der Waals surface area (Å²) in [5, 5.41) is 6.04. The van der Waals surface area contributed by atoms with E-state index in [9.17, 15) is 4.79 Å². The van der Waals surface area contributed by atoms with Crippen LogP contribution in [0.1, 0.15) is 28.9 Å². The maximum Gasteiger partial charge on any atom is 0.275 e. The van der Waals surface area contributed by atoms with Crippen molar-refractivity contribution in [3.05, 3.63) is 46.3 Å². The molecule has 1 saturated carbocycles. The van der Waals surface area contributed by atoms with Crippen molar-refractivity contribution >= 4 is 33.3 Å². The highest BCUT2D eigenvalue weighted by atomic mass is 79.9. The molecule has 1 aliphatic carbocycles. The lowest BCUT2D eigenvalue weighted by molar-refractivity contribution is 0.102. The topological polar surface area (TPSA) is 66.9 Å². The Labute approximate surface area is 131 Å². The maximum atomic E-state index is 12.1. The number of aryl methyl sites for hydroxylation is 1. The van der Waals surface area contributed by atoms with E-state index in [4.69, 9.17) is 0 Å². The second kappa shape index (κ2) is 5.81. The van der Waals surface area contributed by atoms with Crippen molar-refractivity contribution in [3.63, 3.8) is 0 Å². The van der Waals surface area contributed by atoms with E-state index in [1.54, 1.807) is 6.20 Å². The van der Waals surface area contributed by atoms with Crippen molar-refractivity contribution in [2.75, 3.05) is 10.6 Å². The number of anilines is 2. The minimum atomic E-state index is -0.267. The van der Waals surface area contributed by atoms with E-state index in [-0.39, 0.29) is 5.91 Å². The molecule has 0 unspecified atom stereocenters. The second-order valence-electron chi connectivity index (χ2n) is 5.12. The van der Waals surface area contributed by atoms with Gasteiger partial charge in [0.05, 0.1) is 12.4 Å². The van der Waals surface area contributed by atoms with Crippen molar-refractivity contribution < 1.29 is 4.79 Å². The van der Waals surface area contributed by atoms with E-state index < -0.39 is 0 Å². The smallest absolute Gasteiger partial charge is 0.275 e. The van der Waals surface area contributed by atoms with Crippen molar-refractivity contribution in [3.8, 4) is 0 Å². The maximum absolute atomic E-state index is 12.1. The summed E-state index contributed by atoms with van der Waals surface area (Å²) in [6.07, 6.45) is 5.43. The minimum absolute atomic E-state index is 0.267. The first-order valence-electron chi connectivity index (χ1n) is 6.78. The van der Waals surface area contributed by atoms with Gasteiger partial charge < -0.3 is 10.6 Å². The van der Waals surface area contributed by atoms with Gasteiger partial charge in [-0.05, 0) is 37.5 Å². The molecule has 21 heavy (non-hydrogen) atoms. The normalized spacial score (nSPS) is 13.8. The van der Waals surface area contributed by atoms with Crippen LogP contribution in [0, 0.1) is 6.92 Å². The fraction of sp³-hybridized carbons (Fsp3) is 0.267. The monoisotopic (exact) mass is 346 g/mol. The van der Waals surface area contributed by atoms with Gasteiger partial charge in [-0.25, -0.2) is 9.97 Å². The molecule has 0 atom stereocenters. The van der Waals surface area contributed by atoms with Crippen LogP contribution < -0.4 is 10.6 Å². The molecule has 1 aromatic carbocycles. The number of hydrogen-bond donors (Lipinski definition) is 2. The van der Waals surface area contributed by atoms with Crippen LogP contribution in [0.5, 0.6) is 0 Å². The number of hydrogen-bond acceptors (Lipinski definition) is 4. The molecule has 0 saturated heterocycles. The van der Waals surface area contributed by atoms with Crippen molar-refractivity contribution in [2.45, 2.75) is 25.8 Å². The van der Waals surface area contributed by atoms with Crippen LogP contribution >= 0.6 is 15.9 Å². The number of nitrogens with zero attached hydrogens (tertiary/aromatic N) is 2. The molecule has 0 bridgehead atoms. The summed E-state index contributed by atoms with van der Waals surface area (Å²) in [7, 11) is 0. The van der Waals surface area contributed by atoms with E-state index in [1.165, 1.54) is 19.0 Å². The number of halogens is 1. The van der Waals surface area contributed by atoms with E-state index in [0.29, 0.717) is 17.6 Å². The number of amides is 1. The van der Waals surface area contributed by atoms with E-state index >= 15 is 0 Å². The largest absolute Gasteiger partial charge is 0.366 e. The summed E-state index contributed by atoms with van der Waals surface area (Å²) in [4.78, 5) is 20.5. The highest BCUT2D eigenvalue weighted by Gasteiger charge is 2.21. The van der Waals surface area contributed by atoms with Gasteiger partial charge in [-0.15, -0.1) is 0 Å². The lowest BCUT2D eigenvalue weighted by atomic mass is 10.2. The van der Waals surface area contributed by atoms with Gasteiger partial charge in [-0.3, -0.25) is 4.79 Å². The van der Waals surface area contributed by atoms with Crippen LogP contribution in [0.3, 0.4) is 0 Å². The van der Waals surface area contributed by atoms with Crippen LogP contribution in [0.2, 0.25) is 0 Å². The molecule has 0 spiro atoms. The third-order valence-corrected chi connectivity index (χ3v) is 4.10. The number of nitrogens with one attached hydrogen (secondary N) is 2. The summed E-state index contributed by atoms with van der Waals surface area (Å²) in [6.45, 7) is 1.99. The van der Waals surface area contributed by atoms with Gasteiger partial charge in [0.25, 0.3) is 5.91 Å². The van der Waals surface area contributed by atoms with Gasteiger partial charge in [0.2, 0.25) is 0 Å². The Bertz CT molecular complexity index is 668. The zero-order chi connectivity index (χ0) is 14.8. The number of carbonyl (C=O) groups is 1. The number of benzene rings is 1. The van der Waals surface area contributed by atoms with Crippen LogP contribution in [0.25, 0.3) is 0 Å². The van der Waals surface area contributed by atoms with Gasteiger partial charge in [-0.2, -0.15) is 0 Å². The SMILES string of the molecule is Cc1ccc(NC(=O)c2cnc(NC3CC3)cn2)cc1Br. The Morgan fingerprint density at radius 2 is 2.10 bits per heavy atom. The highest BCUT2D eigenvalue weighted by molar-refractivity contribution is 9.10. The van der Waals surface area contributed by atoms with Crippen molar-refractivity contribution in [2.24, 2.45) is 0 Å². The molecule has 2 N–H and O–H groups in total. The zero-order valence-electron chi connectivity index (χ0n) is 11.6. The first-order valence-corrected chi connectivity index (χ1v) is 7.57. The quantitative estimate of drug-likeness (QED) is 0.890. The van der Waals surface area contributed by atoms with Crippen LogP contribution in [0.4, 0.5) is 11.5 Å². The Morgan fingerprint density at radius 1 is 1.29 bits per heavy atom.